The van der Waals surface area contributed by atoms with E-state index in [1.165, 1.54) is 11.3 Å². The molecule has 1 aromatic heterocycles. The number of hydrazine groups is 1. The van der Waals surface area contributed by atoms with Crippen molar-refractivity contribution >= 4 is 34.6 Å². The predicted octanol–water partition coefficient (Wildman–Crippen LogP) is -0.379. The topological polar surface area (TPSA) is 80.0 Å². The molecule has 0 saturated heterocycles. The van der Waals surface area contributed by atoms with Crippen LogP contribution in [0.2, 0.25) is 0 Å². The molecule has 0 aromatic carbocycles. The first-order valence-electron chi connectivity index (χ1n) is 2.94. The van der Waals surface area contributed by atoms with Crippen LogP contribution >= 0.6 is 23.6 Å². The van der Waals surface area contributed by atoms with Crippen molar-refractivity contribution in [1.29, 1.82) is 0 Å². The first-order chi connectivity index (χ1) is 5.70. The molecule has 1 amide bonds. The summed E-state index contributed by atoms with van der Waals surface area (Å²) < 4.78 is 0. The third-order valence-corrected chi connectivity index (χ3v) is 1.65. The number of aromatic nitrogens is 1. The summed E-state index contributed by atoms with van der Waals surface area (Å²) in [4.78, 5) is 14.8. The van der Waals surface area contributed by atoms with Crippen LogP contribution in [0.5, 0.6) is 0 Å². The molecule has 5 nitrogen and oxygen atoms in total. The van der Waals surface area contributed by atoms with Gasteiger partial charge in [-0.25, -0.2) is 4.98 Å². The number of carbonyl (C=O) groups excluding carboxylic acids is 1. The second-order valence-corrected chi connectivity index (χ2v) is 2.98. The summed E-state index contributed by atoms with van der Waals surface area (Å²) in [6.45, 7) is 0. The van der Waals surface area contributed by atoms with Crippen LogP contribution in [0.1, 0.15) is 10.5 Å². The number of nitrogens with two attached hydrogens (primary N) is 1. The Bertz CT molecular complexity index is 284. The van der Waals surface area contributed by atoms with Crippen LogP contribution < -0.4 is 16.6 Å². The molecule has 0 spiro atoms. The highest BCUT2D eigenvalue weighted by atomic mass is 32.1. The van der Waals surface area contributed by atoms with E-state index in [-0.39, 0.29) is 11.0 Å². The van der Waals surface area contributed by atoms with Crippen molar-refractivity contribution in [1.82, 2.24) is 15.8 Å². The lowest BCUT2D eigenvalue weighted by Crippen LogP contribution is -2.44. The van der Waals surface area contributed by atoms with Crippen LogP contribution in [0.15, 0.2) is 10.9 Å². The average molecular weight is 202 g/mol. The SMILES string of the molecule is NC(=S)NNC(=O)c1cscn1. The standard InChI is InChI=1S/C5H6N4OS2/c6-5(11)9-8-4(10)3-1-12-2-7-3/h1-2H,(H,8,10)(H3,6,9,11). The number of thiazole rings is 1. The second kappa shape index (κ2) is 3.98. The van der Waals surface area contributed by atoms with E-state index in [2.05, 4.69) is 28.1 Å². The van der Waals surface area contributed by atoms with Crippen LogP contribution in [0.3, 0.4) is 0 Å². The zero-order chi connectivity index (χ0) is 8.97. The van der Waals surface area contributed by atoms with Gasteiger partial charge in [0, 0.05) is 5.38 Å². The Morgan fingerprint density at radius 1 is 1.67 bits per heavy atom. The maximum Gasteiger partial charge on any atom is 0.289 e. The van der Waals surface area contributed by atoms with E-state index in [0.717, 1.165) is 0 Å². The Hall–Kier alpha value is -1.21. The molecule has 0 saturated carbocycles. The van der Waals surface area contributed by atoms with Gasteiger partial charge in [-0.2, -0.15) is 0 Å². The summed E-state index contributed by atoms with van der Waals surface area (Å²) in [6.07, 6.45) is 0. The third-order valence-electron chi connectivity index (χ3n) is 0.964. The van der Waals surface area contributed by atoms with E-state index in [9.17, 15) is 4.79 Å². The molecule has 0 unspecified atom stereocenters. The van der Waals surface area contributed by atoms with E-state index < -0.39 is 0 Å². The number of nitrogens with zero attached hydrogens (tertiary/aromatic N) is 1. The molecule has 0 atom stereocenters. The first kappa shape index (κ1) is 8.88. The van der Waals surface area contributed by atoms with Crippen LogP contribution in [-0.2, 0) is 0 Å². The zero-order valence-corrected chi connectivity index (χ0v) is 7.54. The van der Waals surface area contributed by atoms with E-state index in [4.69, 9.17) is 5.73 Å². The Morgan fingerprint density at radius 3 is 2.92 bits per heavy atom. The summed E-state index contributed by atoms with van der Waals surface area (Å²) in [5.74, 6) is -0.357. The smallest absolute Gasteiger partial charge is 0.289 e. The number of hydrogen-bond acceptors (Lipinski definition) is 4. The number of carbonyl (C=O) groups is 1. The first-order valence-corrected chi connectivity index (χ1v) is 4.29. The summed E-state index contributed by atoms with van der Waals surface area (Å²) >= 11 is 5.82. The number of nitrogens with one attached hydrogen (secondary N) is 2. The Labute approximate surface area is 78.0 Å². The van der Waals surface area contributed by atoms with Crippen molar-refractivity contribution in [2.75, 3.05) is 0 Å². The van der Waals surface area contributed by atoms with Gasteiger partial charge in [-0.1, -0.05) is 0 Å². The molecule has 1 heterocycles. The van der Waals surface area contributed by atoms with E-state index in [0.29, 0.717) is 5.69 Å². The normalized spacial score (nSPS) is 9.00. The fraction of sp³-hybridized carbons (Fsp3) is 0. The fourth-order valence-corrected chi connectivity index (χ4v) is 1.09. The molecule has 1 rings (SSSR count). The highest BCUT2D eigenvalue weighted by Crippen LogP contribution is 1.99. The molecule has 1 aromatic rings. The van der Waals surface area contributed by atoms with Crippen molar-refractivity contribution < 1.29 is 4.79 Å². The van der Waals surface area contributed by atoms with Crippen molar-refractivity contribution in [2.45, 2.75) is 0 Å². The molecule has 7 heteroatoms. The van der Waals surface area contributed by atoms with Gasteiger partial charge < -0.3 is 5.73 Å². The predicted molar refractivity (Wildman–Crippen MR) is 49.5 cm³/mol. The van der Waals surface area contributed by atoms with Gasteiger partial charge >= 0.3 is 0 Å². The van der Waals surface area contributed by atoms with Crippen LogP contribution in [0, 0.1) is 0 Å². The second-order valence-electron chi connectivity index (χ2n) is 1.82. The van der Waals surface area contributed by atoms with Crippen LogP contribution in [0.25, 0.3) is 0 Å². The van der Waals surface area contributed by atoms with Crippen molar-refractivity contribution in [3.63, 3.8) is 0 Å². The molecule has 0 aliphatic rings. The lowest BCUT2D eigenvalue weighted by Gasteiger charge is -2.02. The van der Waals surface area contributed by atoms with Crippen molar-refractivity contribution in [3.8, 4) is 0 Å². The van der Waals surface area contributed by atoms with Gasteiger partial charge in [0.15, 0.2) is 5.11 Å². The van der Waals surface area contributed by atoms with Gasteiger partial charge in [0.25, 0.3) is 5.91 Å². The highest BCUT2D eigenvalue weighted by Gasteiger charge is 2.05. The molecule has 64 valence electrons. The monoisotopic (exact) mass is 202 g/mol. The summed E-state index contributed by atoms with van der Waals surface area (Å²) in [5.41, 5.74) is 11.6. The number of hydrogen-bond donors (Lipinski definition) is 3. The minimum absolute atomic E-state index is 0.0126. The van der Waals surface area contributed by atoms with E-state index in [1.54, 1.807) is 10.9 Å². The Kier molecular flexibility index (Phi) is 2.94. The minimum Gasteiger partial charge on any atom is -0.375 e. The fourth-order valence-electron chi connectivity index (χ4n) is 0.507. The number of rotatable bonds is 1. The largest absolute Gasteiger partial charge is 0.375 e. The van der Waals surface area contributed by atoms with Gasteiger partial charge in [-0.3, -0.25) is 15.6 Å². The molecule has 4 N–H and O–H groups in total. The van der Waals surface area contributed by atoms with Gasteiger partial charge in [0.1, 0.15) is 5.69 Å². The third kappa shape index (κ3) is 2.44. The molecular weight excluding hydrogens is 196 g/mol. The van der Waals surface area contributed by atoms with Gasteiger partial charge in [0.05, 0.1) is 5.51 Å². The van der Waals surface area contributed by atoms with Gasteiger partial charge in [0.2, 0.25) is 0 Å². The van der Waals surface area contributed by atoms with Crippen LogP contribution in [-0.4, -0.2) is 16.0 Å². The number of thiocarbonyl (C=S) groups is 1. The van der Waals surface area contributed by atoms with Gasteiger partial charge in [-0.05, 0) is 12.2 Å². The average Bonchev–Trinajstić information content (AvgIpc) is 2.51. The van der Waals surface area contributed by atoms with Gasteiger partial charge in [-0.15, -0.1) is 11.3 Å². The molecule has 0 aliphatic heterocycles. The number of amides is 1. The molecule has 0 bridgehead atoms. The quantitative estimate of drug-likeness (QED) is 0.427. The van der Waals surface area contributed by atoms with E-state index in [1.807, 2.05) is 0 Å². The molecule has 0 aliphatic carbocycles. The summed E-state index contributed by atoms with van der Waals surface area (Å²) in [7, 11) is 0. The lowest BCUT2D eigenvalue weighted by molar-refractivity contribution is 0.0939. The highest BCUT2D eigenvalue weighted by molar-refractivity contribution is 7.80. The maximum atomic E-state index is 11.1. The minimum atomic E-state index is -0.357. The maximum absolute atomic E-state index is 11.1. The summed E-state index contributed by atoms with van der Waals surface area (Å²) in [6, 6.07) is 0. The van der Waals surface area contributed by atoms with Crippen LogP contribution in [0.4, 0.5) is 0 Å². The molecule has 0 fully saturated rings. The van der Waals surface area contributed by atoms with Crippen molar-refractivity contribution in [3.05, 3.63) is 16.6 Å². The zero-order valence-electron chi connectivity index (χ0n) is 5.90. The molecule has 12 heavy (non-hydrogen) atoms. The summed E-state index contributed by atoms with van der Waals surface area (Å²) in [5, 5.41) is 1.63. The Morgan fingerprint density at radius 2 is 2.42 bits per heavy atom. The lowest BCUT2D eigenvalue weighted by atomic mass is 10.5. The van der Waals surface area contributed by atoms with Crippen molar-refractivity contribution in [2.24, 2.45) is 5.73 Å². The molecule has 0 radical (unpaired) electrons. The molecular formula is C5H6N4OS2. The Balaban J connectivity index is 2.45. The van der Waals surface area contributed by atoms with E-state index >= 15 is 0 Å².